The zero-order valence-electron chi connectivity index (χ0n) is 18.1. The molecule has 1 aliphatic carbocycles. The molecular formula is C23H22F5N3O2. The quantitative estimate of drug-likeness (QED) is 0.463. The van der Waals surface area contributed by atoms with Crippen LogP contribution in [0.4, 0.5) is 27.6 Å². The van der Waals surface area contributed by atoms with Crippen LogP contribution in [0, 0.1) is 25.5 Å². The van der Waals surface area contributed by atoms with E-state index in [1.165, 1.54) is 19.2 Å². The van der Waals surface area contributed by atoms with Crippen molar-refractivity contribution >= 4 is 16.6 Å². The van der Waals surface area contributed by atoms with Gasteiger partial charge in [-0.1, -0.05) is 6.92 Å². The number of aromatic nitrogens is 2. The monoisotopic (exact) mass is 467 g/mol. The third-order valence-corrected chi connectivity index (χ3v) is 6.37. The van der Waals surface area contributed by atoms with E-state index in [4.69, 9.17) is 0 Å². The first-order valence-electron chi connectivity index (χ1n) is 10.4. The van der Waals surface area contributed by atoms with Gasteiger partial charge in [0, 0.05) is 28.4 Å². The number of alkyl halides is 3. The Morgan fingerprint density at radius 2 is 1.91 bits per heavy atom. The number of anilines is 1. The zero-order chi connectivity index (χ0) is 24.3. The lowest BCUT2D eigenvalue weighted by Gasteiger charge is -2.44. The molecule has 10 heteroatoms. The lowest BCUT2D eigenvalue weighted by Crippen LogP contribution is -2.55. The van der Waals surface area contributed by atoms with Crippen LogP contribution in [0.25, 0.3) is 10.9 Å². The van der Waals surface area contributed by atoms with Gasteiger partial charge in [0.25, 0.3) is 0 Å². The maximum absolute atomic E-state index is 15.0. The fourth-order valence-electron chi connectivity index (χ4n) is 4.58. The van der Waals surface area contributed by atoms with Crippen molar-refractivity contribution in [3.63, 3.8) is 0 Å². The number of phenolic OH excluding ortho intramolecular Hbond substituents is 1. The van der Waals surface area contributed by atoms with E-state index in [1.54, 1.807) is 13.8 Å². The molecule has 4 rings (SSSR count). The van der Waals surface area contributed by atoms with E-state index < -0.39 is 41.6 Å². The number of hydrogen-bond acceptors (Lipinski definition) is 5. The van der Waals surface area contributed by atoms with Gasteiger partial charge >= 0.3 is 6.18 Å². The van der Waals surface area contributed by atoms with E-state index in [9.17, 15) is 27.8 Å². The highest BCUT2D eigenvalue weighted by Gasteiger charge is 2.61. The number of aliphatic hydroxyl groups is 1. The first-order valence-corrected chi connectivity index (χ1v) is 10.4. The summed E-state index contributed by atoms with van der Waals surface area (Å²) >= 11 is 0. The molecular weight excluding hydrogens is 445 g/mol. The van der Waals surface area contributed by atoms with Crippen LogP contribution in [0.1, 0.15) is 47.5 Å². The Morgan fingerprint density at radius 3 is 2.55 bits per heavy atom. The smallest absolute Gasteiger partial charge is 0.419 e. The summed E-state index contributed by atoms with van der Waals surface area (Å²) in [6.07, 6.45) is -4.82. The van der Waals surface area contributed by atoms with Crippen molar-refractivity contribution < 1.29 is 32.2 Å². The molecule has 3 aromatic rings. The second-order valence-electron chi connectivity index (χ2n) is 8.29. The first-order chi connectivity index (χ1) is 15.4. The average molecular weight is 467 g/mol. The maximum atomic E-state index is 15.0. The predicted octanol–water partition coefficient (Wildman–Crippen LogP) is 5.19. The van der Waals surface area contributed by atoms with Gasteiger partial charge in [-0.05, 0) is 56.4 Å². The predicted molar refractivity (Wildman–Crippen MR) is 112 cm³/mol. The number of benzene rings is 2. The van der Waals surface area contributed by atoms with Gasteiger partial charge in [0.1, 0.15) is 28.7 Å². The number of halogens is 5. The van der Waals surface area contributed by atoms with Crippen LogP contribution in [0.3, 0.4) is 0 Å². The van der Waals surface area contributed by atoms with Crippen molar-refractivity contribution in [2.24, 2.45) is 0 Å². The number of phenols is 1. The lowest BCUT2D eigenvalue weighted by atomic mass is 9.72. The van der Waals surface area contributed by atoms with Gasteiger partial charge in [-0.2, -0.15) is 13.2 Å². The Balaban J connectivity index is 2.00. The zero-order valence-corrected chi connectivity index (χ0v) is 18.1. The summed E-state index contributed by atoms with van der Waals surface area (Å²) in [4.78, 5) is 8.02. The van der Waals surface area contributed by atoms with Crippen LogP contribution in [0.5, 0.6) is 5.75 Å². The molecule has 0 bridgehead atoms. The molecule has 2 unspecified atom stereocenters. The minimum absolute atomic E-state index is 0.0290. The largest absolute Gasteiger partial charge is 0.507 e. The Kier molecular flexibility index (Phi) is 5.47. The fourth-order valence-corrected chi connectivity index (χ4v) is 4.58. The molecule has 0 amide bonds. The Labute approximate surface area is 186 Å². The molecule has 0 fully saturated rings. The normalized spacial score (nSPS) is 20.7. The van der Waals surface area contributed by atoms with E-state index in [2.05, 4.69) is 15.3 Å². The molecule has 5 nitrogen and oxygen atoms in total. The highest BCUT2D eigenvalue weighted by molar-refractivity contribution is 5.91. The second kappa shape index (κ2) is 7.79. The van der Waals surface area contributed by atoms with Gasteiger partial charge in [-0.3, -0.25) is 0 Å². The number of rotatable bonds is 3. The molecule has 3 N–H and O–H groups in total. The van der Waals surface area contributed by atoms with Crippen molar-refractivity contribution in [2.75, 3.05) is 5.32 Å². The number of nitrogens with one attached hydrogen (secondary N) is 1. The summed E-state index contributed by atoms with van der Waals surface area (Å²) in [6.45, 7) is 4.47. The van der Waals surface area contributed by atoms with Crippen LogP contribution < -0.4 is 5.32 Å². The number of nitrogens with zero attached hydrogens (tertiary/aromatic N) is 2. The summed E-state index contributed by atoms with van der Waals surface area (Å²) in [5.41, 5.74) is -3.42. The molecule has 176 valence electrons. The van der Waals surface area contributed by atoms with Crippen LogP contribution in [-0.2, 0) is 12.8 Å². The molecule has 33 heavy (non-hydrogen) atoms. The fraction of sp³-hybridized carbons (Fsp3) is 0.391. The van der Waals surface area contributed by atoms with E-state index in [0.29, 0.717) is 0 Å². The maximum Gasteiger partial charge on any atom is 0.419 e. The summed E-state index contributed by atoms with van der Waals surface area (Å²) in [7, 11) is 0. The van der Waals surface area contributed by atoms with Crippen molar-refractivity contribution in [1.82, 2.24) is 9.97 Å². The van der Waals surface area contributed by atoms with E-state index in [1.807, 2.05) is 0 Å². The van der Waals surface area contributed by atoms with Gasteiger partial charge in [-0.15, -0.1) is 0 Å². The van der Waals surface area contributed by atoms with Crippen molar-refractivity contribution in [3.8, 4) is 5.75 Å². The molecule has 0 saturated carbocycles. The number of aromatic hydroxyl groups is 1. The molecule has 1 aliphatic rings. The summed E-state index contributed by atoms with van der Waals surface area (Å²) in [6, 6.07) is 0.394. The SMILES string of the molecule is CCc1c(F)c(C)c(O)c2c1C(Nc1ccc(F)c3nc(C)ncc13)C(O)(C(F)(F)F)CC2. The van der Waals surface area contributed by atoms with Crippen molar-refractivity contribution in [3.05, 3.63) is 58.0 Å². The third-order valence-electron chi connectivity index (χ3n) is 6.37. The molecule has 0 saturated heterocycles. The van der Waals surface area contributed by atoms with E-state index >= 15 is 4.39 Å². The topological polar surface area (TPSA) is 78.3 Å². The van der Waals surface area contributed by atoms with Crippen LogP contribution in [0.2, 0.25) is 0 Å². The van der Waals surface area contributed by atoms with Crippen LogP contribution in [-0.4, -0.2) is 32.0 Å². The molecule has 0 spiro atoms. The minimum atomic E-state index is -5.08. The summed E-state index contributed by atoms with van der Waals surface area (Å²) in [5, 5.41) is 24.2. The number of fused-ring (bicyclic) bond motifs is 2. The molecule has 1 heterocycles. The number of aryl methyl sites for hydroxylation is 1. The average Bonchev–Trinajstić information content (AvgIpc) is 2.75. The van der Waals surface area contributed by atoms with Gasteiger partial charge in [0.15, 0.2) is 5.60 Å². The van der Waals surface area contributed by atoms with Gasteiger partial charge in [0.2, 0.25) is 0 Å². The molecule has 0 radical (unpaired) electrons. The van der Waals surface area contributed by atoms with Crippen LogP contribution in [0.15, 0.2) is 18.3 Å². The number of hydrogen-bond donors (Lipinski definition) is 3. The Hall–Kier alpha value is -3.01. The third kappa shape index (κ3) is 3.47. The Bertz CT molecular complexity index is 1240. The molecule has 2 aromatic carbocycles. The van der Waals surface area contributed by atoms with Gasteiger partial charge < -0.3 is 15.5 Å². The van der Waals surface area contributed by atoms with Gasteiger partial charge in [-0.25, -0.2) is 18.7 Å². The van der Waals surface area contributed by atoms with Gasteiger partial charge in [0.05, 0.1) is 6.04 Å². The highest BCUT2D eigenvalue weighted by Crippen LogP contribution is 2.52. The Morgan fingerprint density at radius 1 is 1.21 bits per heavy atom. The van der Waals surface area contributed by atoms with Crippen LogP contribution >= 0.6 is 0 Å². The van der Waals surface area contributed by atoms with Crippen molar-refractivity contribution in [2.45, 2.75) is 57.9 Å². The summed E-state index contributed by atoms with van der Waals surface area (Å²) < 4.78 is 72.0. The second-order valence-corrected chi connectivity index (χ2v) is 8.29. The summed E-state index contributed by atoms with van der Waals surface area (Å²) in [5.74, 6) is -1.68. The van der Waals surface area contributed by atoms with E-state index in [-0.39, 0.29) is 57.5 Å². The van der Waals surface area contributed by atoms with Crippen molar-refractivity contribution in [1.29, 1.82) is 0 Å². The lowest BCUT2D eigenvalue weighted by molar-refractivity contribution is -0.270. The highest BCUT2D eigenvalue weighted by atomic mass is 19.4. The van der Waals surface area contributed by atoms with E-state index in [0.717, 1.165) is 6.07 Å². The molecule has 1 aromatic heterocycles. The standard InChI is InChI=1S/C23H22F5N3O2/c1-4-12-17-13(20(32)10(2)18(12)25)7-8-22(33,23(26,27)28)21(17)31-16-6-5-15(24)19-14(16)9-29-11(3)30-19/h5-6,9,21,31-33H,4,7-8H2,1-3H3. The molecule has 0 aliphatic heterocycles. The molecule has 2 atom stereocenters. The first kappa shape index (κ1) is 23.2. The minimum Gasteiger partial charge on any atom is -0.507 e.